The number of esters is 1. The molecule has 2 N–H and O–H groups in total. The zero-order valence-corrected chi connectivity index (χ0v) is 21.1. The van der Waals surface area contributed by atoms with Gasteiger partial charge < -0.3 is 24.6 Å². The fraction of sp³-hybridized carbons (Fsp3) is 0.444. The smallest absolute Gasteiger partial charge is 0.306 e. The molecule has 8 heteroatoms. The van der Waals surface area contributed by atoms with Crippen LogP contribution in [0.3, 0.4) is 0 Å². The summed E-state index contributed by atoms with van der Waals surface area (Å²) < 4.78 is 15.9. The summed E-state index contributed by atoms with van der Waals surface area (Å²) in [6, 6.07) is 15.2. The standard InChI is InChI=1S/C27H35N3O5/c1-26(2,15-17-33-4)35-23(31)12-9-16-28-25-24(19-10-7-6-8-11-19)29-21-14-13-20(18-22(21)30-25)27(3,32)34-5/h6-8,10-11,13-14,18,32H,9,12,15-17H2,1-5H3,(H,28,30). The van der Waals surface area contributed by atoms with E-state index >= 15 is 0 Å². The van der Waals surface area contributed by atoms with E-state index in [4.69, 9.17) is 24.2 Å². The van der Waals surface area contributed by atoms with Gasteiger partial charge in [0, 0.05) is 51.3 Å². The van der Waals surface area contributed by atoms with E-state index in [0.717, 1.165) is 5.56 Å². The van der Waals surface area contributed by atoms with E-state index in [2.05, 4.69) is 5.32 Å². The van der Waals surface area contributed by atoms with Gasteiger partial charge in [0.05, 0.1) is 11.0 Å². The van der Waals surface area contributed by atoms with Gasteiger partial charge in [-0.15, -0.1) is 0 Å². The fourth-order valence-corrected chi connectivity index (χ4v) is 3.58. The van der Waals surface area contributed by atoms with E-state index in [0.29, 0.717) is 54.1 Å². The van der Waals surface area contributed by atoms with Crippen LogP contribution in [0.25, 0.3) is 22.3 Å². The maximum absolute atomic E-state index is 12.3. The maximum Gasteiger partial charge on any atom is 0.306 e. The molecule has 0 fully saturated rings. The minimum absolute atomic E-state index is 0.243. The number of carbonyl (C=O) groups excluding carboxylic acids is 1. The number of nitrogens with zero attached hydrogens (tertiary/aromatic N) is 2. The van der Waals surface area contributed by atoms with Crippen molar-refractivity contribution < 1.29 is 24.1 Å². The van der Waals surface area contributed by atoms with Crippen molar-refractivity contribution in [1.82, 2.24) is 9.97 Å². The second-order valence-electron chi connectivity index (χ2n) is 9.18. The summed E-state index contributed by atoms with van der Waals surface area (Å²) in [5.74, 6) is -1.07. The summed E-state index contributed by atoms with van der Waals surface area (Å²) in [7, 11) is 3.08. The Labute approximate surface area is 206 Å². The zero-order chi connectivity index (χ0) is 25.5. The number of fused-ring (bicyclic) bond motifs is 1. The molecule has 0 aliphatic carbocycles. The van der Waals surface area contributed by atoms with E-state index in [1.165, 1.54) is 7.11 Å². The summed E-state index contributed by atoms with van der Waals surface area (Å²) >= 11 is 0. The third-order valence-corrected chi connectivity index (χ3v) is 5.79. The SMILES string of the molecule is COCCC(C)(C)OC(=O)CCCNc1nc2cc(C(C)(O)OC)ccc2nc1-c1ccccc1. The molecule has 0 saturated carbocycles. The first-order valence-corrected chi connectivity index (χ1v) is 11.7. The van der Waals surface area contributed by atoms with Crippen LogP contribution in [0.4, 0.5) is 5.82 Å². The van der Waals surface area contributed by atoms with Crippen molar-refractivity contribution in [1.29, 1.82) is 0 Å². The Kier molecular flexibility index (Phi) is 8.77. The molecule has 3 aromatic rings. The van der Waals surface area contributed by atoms with Crippen molar-refractivity contribution in [3.63, 3.8) is 0 Å². The lowest BCUT2D eigenvalue weighted by Crippen LogP contribution is -2.29. The molecule has 0 saturated heterocycles. The van der Waals surface area contributed by atoms with Crippen molar-refractivity contribution in [3.05, 3.63) is 54.1 Å². The van der Waals surface area contributed by atoms with Crippen molar-refractivity contribution in [3.8, 4) is 11.3 Å². The van der Waals surface area contributed by atoms with Gasteiger partial charge in [-0.1, -0.05) is 36.4 Å². The normalized spacial score (nSPS) is 13.4. The Balaban J connectivity index is 1.77. The highest BCUT2D eigenvalue weighted by Crippen LogP contribution is 2.30. The van der Waals surface area contributed by atoms with Gasteiger partial charge in [0.2, 0.25) is 0 Å². The average Bonchev–Trinajstić information content (AvgIpc) is 2.84. The summed E-state index contributed by atoms with van der Waals surface area (Å²) in [4.78, 5) is 21.9. The molecule has 35 heavy (non-hydrogen) atoms. The van der Waals surface area contributed by atoms with E-state index in [-0.39, 0.29) is 12.4 Å². The second kappa shape index (κ2) is 11.6. The molecule has 0 spiro atoms. The molecule has 0 bridgehead atoms. The van der Waals surface area contributed by atoms with Crippen LogP contribution in [0.15, 0.2) is 48.5 Å². The van der Waals surface area contributed by atoms with E-state index < -0.39 is 11.4 Å². The number of nitrogens with one attached hydrogen (secondary N) is 1. The molecule has 0 amide bonds. The van der Waals surface area contributed by atoms with Crippen LogP contribution in [0.5, 0.6) is 0 Å². The Bertz CT molecular complexity index is 1130. The highest BCUT2D eigenvalue weighted by molar-refractivity contribution is 5.83. The minimum Gasteiger partial charge on any atom is -0.460 e. The lowest BCUT2D eigenvalue weighted by molar-refractivity contribution is -0.179. The van der Waals surface area contributed by atoms with Crippen molar-refractivity contribution >= 4 is 22.8 Å². The van der Waals surface area contributed by atoms with Crippen LogP contribution >= 0.6 is 0 Å². The molecule has 8 nitrogen and oxygen atoms in total. The van der Waals surface area contributed by atoms with Crippen molar-refractivity contribution in [2.75, 3.05) is 32.7 Å². The first-order valence-electron chi connectivity index (χ1n) is 11.7. The number of aromatic nitrogens is 2. The lowest BCUT2D eigenvalue weighted by Gasteiger charge is -2.24. The third-order valence-electron chi connectivity index (χ3n) is 5.79. The minimum atomic E-state index is -1.43. The van der Waals surface area contributed by atoms with Crippen LogP contribution in [-0.2, 0) is 24.8 Å². The largest absolute Gasteiger partial charge is 0.460 e. The van der Waals surface area contributed by atoms with Gasteiger partial charge >= 0.3 is 5.97 Å². The fourth-order valence-electron chi connectivity index (χ4n) is 3.58. The number of methoxy groups -OCH3 is 2. The average molecular weight is 482 g/mol. The number of hydrogen-bond donors (Lipinski definition) is 2. The van der Waals surface area contributed by atoms with Gasteiger partial charge in [-0.05, 0) is 39.3 Å². The number of anilines is 1. The number of aliphatic hydroxyl groups is 1. The van der Waals surface area contributed by atoms with Gasteiger partial charge in [0.15, 0.2) is 11.6 Å². The summed E-state index contributed by atoms with van der Waals surface area (Å²) in [6.07, 6.45) is 1.50. The molecule has 1 aromatic heterocycles. The molecule has 2 aromatic carbocycles. The van der Waals surface area contributed by atoms with E-state index in [9.17, 15) is 9.90 Å². The van der Waals surface area contributed by atoms with Gasteiger partial charge in [-0.3, -0.25) is 4.79 Å². The Morgan fingerprint density at radius 3 is 2.46 bits per heavy atom. The first kappa shape index (κ1) is 26.5. The Morgan fingerprint density at radius 2 is 1.77 bits per heavy atom. The molecule has 0 aliphatic heterocycles. The molecule has 1 atom stereocenters. The van der Waals surface area contributed by atoms with Gasteiger partial charge in [-0.25, -0.2) is 9.97 Å². The predicted molar refractivity (Wildman–Crippen MR) is 136 cm³/mol. The highest BCUT2D eigenvalue weighted by atomic mass is 16.6. The van der Waals surface area contributed by atoms with Crippen LogP contribution < -0.4 is 5.32 Å². The molecule has 1 unspecified atom stereocenters. The summed E-state index contributed by atoms with van der Waals surface area (Å²) in [5.41, 5.74) is 2.99. The van der Waals surface area contributed by atoms with Gasteiger partial charge in [0.1, 0.15) is 11.3 Å². The molecule has 3 rings (SSSR count). The highest BCUT2D eigenvalue weighted by Gasteiger charge is 2.24. The van der Waals surface area contributed by atoms with E-state index in [1.54, 1.807) is 26.2 Å². The third kappa shape index (κ3) is 7.21. The van der Waals surface area contributed by atoms with Crippen molar-refractivity contribution in [2.45, 2.75) is 51.4 Å². The van der Waals surface area contributed by atoms with Crippen LogP contribution in [0.1, 0.15) is 45.6 Å². The molecule has 0 aliphatic rings. The number of hydrogen-bond acceptors (Lipinski definition) is 8. The number of ether oxygens (including phenoxy) is 3. The summed E-state index contributed by atoms with van der Waals surface area (Å²) in [6.45, 7) is 6.40. The number of benzene rings is 2. The van der Waals surface area contributed by atoms with Crippen molar-refractivity contribution in [2.24, 2.45) is 0 Å². The zero-order valence-electron chi connectivity index (χ0n) is 21.1. The Hall–Kier alpha value is -3.07. The monoisotopic (exact) mass is 481 g/mol. The van der Waals surface area contributed by atoms with Crippen LogP contribution in [-0.4, -0.2) is 54.0 Å². The van der Waals surface area contributed by atoms with Crippen LogP contribution in [0, 0.1) is 0 Å². The molecular weight excluding hydrogens is 446 g/mol. The first-order chi connectivity index (χ1) is 16.6. The number of carbonyl (C=O) groups is 1. The summed E-state index contributed by atoms with van der Waals surface area (Å²) in [5, 5.41) is 13.8. The maximum atomic E-state index is 12.3. The molecule has 0 radical (unpaired) electrons. The molecule has 188 valence electrons. The quantitative estimate of drug-likeness (QED) is 0.219. The van der Waals surface area contributed by atoms with E-state index in [1.807, 2.05) is 50.2 Å². The Morgan fingerprint density at radius 1 is 1.03 bits per heavy atom. The van der Waals surface area contributed by atoms with Gasteiger partial charge in [0.25, 0.3) is 0 Å². The van der Waals surface area contributed by atoms with Crippen LogP contribution in [0.2, 0.25) is 0 Å². The predicted octanol–water partition coefficient (Wildman–Crippen LogP) is 4.66. The lowest BCUT2D eigenvalue weighted by atomic mass is 10.1. The molecular formula is C27H35N3O5. The second-order valence-corrected chi connectivity index (χ2v) is 9.18. The number of rotatable bonds is 12. The topological polar surface area (TPSA) is 103 Å². The van der Waals surface area contributed by atoms with Gasteiger partial charge in [-0.2, -0.15) is 0 Å². The molecule has 1 heterocycles.